The fraction of sp³-hybridized carbons (Fsp3) is 0.190. The van der Waals surface area contributed by atoms with Gasteiger partial charge in [-0.2, -0.15) is 4.98 Å². The molecule has 1 aliphatic rings. The quantitative estimate of drug-likeness (QED) is 0.502. The Bertz CT molecular complexity index is 1200. The first kappa shape index (κ1) is 20.2. The maximum Gasteiger partial charge on any atom is 0.279 e. The zero-order valence-electron chi connectivity index (χ0n) is 15.8. The topological polar surface area (TPSA) is 64.0 Å². The van der Waals surface area contributed by atoms with Gasteiger partial charge in [-0.3, -0.25) is 9.59 Å². The van der Waals surface area contributed by atoms with Crippen LogP contribution >= 0.6 is 11.8 Å². The lowest BCUT2D eigenvalue weighted by molar-refractivity contribution is -0.116. The van der Waals surface area contributed by atoms with E-state index in [0.717, 1.165) is 23.8 Å². The van der Waals surface area contributed by atoms with Crippen molar-refractivity contribution < 1.29 is 18.0 Å². The molecule has 3 aromatic rings. The summed E-state index contributed by atoms with van der Waals surface area (Å²) < 4.78 is 42.7. The maximum absolute atomic E-state index is 14.4. The lowest BCUT2D eigenvalue weighted by Gasteiger charge is -2.27. The maximum atomic E-state index is 14.4. The number of nitrogens with zero attached hydrogens (tertiary/aromatic N) is 2. The van der Waals surface area contributed by atoms with E-state index in [1.807, 2.05) is 0 Å². The fourth-order valence-corrected chi connectivity index (χ4v) is 4.36. The van der Waals surface area contributed by atoms with E-state index in [0.29, 0.717) is 10.9 Å². The molecule has 1 atom stereocenters. The zero-order chi connectivity index (χ0) is 21.4. The average molecular weight is 431 g/mol. The van der Waals surface area contributed by atoms with Crippen LogP contribution in [0.2, 0.25) is 0 Å². The van der Waals surface area contributed by atoms with Crippen molar-refractivity contribution in [2.24, 2.45) is 7.05 Å². The fourth-order valence-electron chi connectivity index (χ4n) is 3.44. The molecule has 1 amide bonds. The zero-order valence-corrected chi connectivity index (χ0v) is 16.6. The molecule has 4 rings (SSSR count). The van der Waals surface area contributed by atoms with Gasteiger partial charge in [0.1, 0.15) is 23.3 Å². The van der Waals surface area contributed by atoms with Gasteiger partial charge < -0.3 is 9.88 Å². The molecule has 0 saturated carbocycles. The molecule has 0 fully saturated rings. The standard InChI is InChI=1S/C21H16F3N3O2S/c1-27-19-18(15(9-17(28)25-19)14-8-13(23)6-7-16(14)24)20(29)26-21(27)30-10-11-2-4-12(22)5-3-11/h2-8,15H,9-10H2,1H3,(H,25,28)/t15-/m1/s1. The number of aromatic nitrogens is 2. The number of hydrogen-bond donors (Lipinski definition) is 1. The number of amides is 1. The number of carbonyl (C=O) groups is 1. The van der Waals surface area contributed by atoms with Crippen LogP contribution in [-0.2, 0) is 17.6 Å². The van der Waals surface area contributed by atoms with Crippen molar-refractivity contribution in [1.29, 1.82) is 0 Å². The van der Waals surface area contributed by atoms with Gasteiger partial charge in [-0.15, -0.1) is 0 Å². The molecule has 1 aliphatic heterocycles. The van der Waals surface area contributed by atoms with Gasteiger partial charge in [0.05, 0.1) is 5.56 Å². The summed E-state index contributed by atoms with van der Waals surface area (Å²) in [6, 6.07) is 8.89. The minimum absolute atomic E-state index is 0.0586. The summed E-state index contributed by atoms with van der Waals surface area (Å²) in [5.41, 5.74) is 0.278. The van der Waals surface area contributed by atoms with Gasteiger partial charge in [0.15, 0.2) is 5.16 Å². The molecule has 2 aromatic carbocycles. The highest BCUT2D eigenvalue weighted by molar-refractivity contribution is 7.98. The Morgan fingerprint density at radius 1 is 1.10 bits per heavy atom. The SMILES string of the molecule is Cn1c(SCc2ccc(F)cc2)nc(=O)c2c1NC(=O)C[C@@H]2c1cc(F)ccc1F. The van der Waals surface area contributed by atoms with E-state index in [-0.39, 0.29) is 29.2 Å². The van der Waals surface area contributed by atoms with Crippen molar-refractivity contribution in [2.45, 2.75) is 23.2 Å². The number of carbonyl (C=O) groups excluding carboxylic acids is 1. The molecule has 0 spiro atoms. The number of anilines is 1. The van der Waals surface area contributed by atoms with Crippen LogP contribution in [-0.4, -0.2) is 15.5 Å². The molecule has 1 N–H and O–H groups in total. The van der Waals surface area contributed by atoms with Crippen molar-refractivity contribution in [2.75, 3.05) is 5.32 Å². The molecule has 0 unspecified atom stereocenters. The third-order valence-corrected chi connectivity index (χ3v) is 6.02. The van der Waals surface area contributed by atoms with Crippen LogP contribution < -0.4 is 10.9 Å². The van der Waals surface area contributed by atoms with Crippen LogP contribution in [0.5, 0.6) is 0 Å². The van der Waals surface area contributed by atoms with Gasteiger partial charge in [-0.1, -0.05) is 23.9 Å². The predicted octanol–water partition coefficient (Wildman–Crippen LogP) is 3.96. The number of rotatable bonds is 4. The van der Waals surface area contributed by atoms with E-state index in [9.17, 15) is 22.8 Å². The van der Waals surface area contributed by atoms with Crippen molar-refractivity contribution in [3.8, 4) is 0 Å². The van der Waals surface area contributed by atoms with Crippen LogP contribution in [0.1, 0.15) is 29.0 Å². The lowest BCUT2D eigenvalue weighted by Crippen LogP contribution is -2.33. The van der Waals surface area contributed by atoms with E-state index in [2.05, 4.69) is 10.3 Å². The molecule has 0 saturated heterocycles. The highest BCUT2D eigenvalue weighted by Crippen LogP contribution is 2.37. The Hall–Kier alpha value is -3.07. The summed E-state index contributed by atoms with van der Waals surface area (Å²) in [6.45, 7) is 0. The Morgan fingerprint density at radius 3 is 2.53 bits per heavy atom. The molecule has 1 aromatic heterocycles. The number of thioether (sulfide) groups is 1. The van der Waals surface area contributed by atoms with Crippen LogP contribution in [0.15, 0.2) is 52.4 Å². The molecular formula is C21H16F3N3O2S. The van der Waals surface area contributed by atoms with Crippen molar-refractivity contribution in [3.63, 3.8) is 0 Å². The second-order valence-electron chi connectivity index (χ2n) is 6.91. The Labute approximate surface area is 174 Å². The van der Waals surface area contributed by atoms with E-state index in [1.54, 1.807) is 23.7 Å². The van der Waals surface area contributed by atoms with Crippen molar-refractivity contribution >= 4 is 23.5 Å². The Morgan fingerprint density at radius 2 is 1.80 bits per heavy atom. The van der Waals surface area contributed by atoms with Crippen LogP contribution in [0.4, 0.5) is 19.0 Å². The molecular weight excluding hydrogens is 415 g/mol. The summed E-state index contributed by atoms with van der Waals surface area (Å²) in [4.78, 5) is 29.2. The molecule has 9 heteroatoms. The number of hydrogen-bond acceptors (Lipinski definition) is 4. The van der Waals surface area contributed by atoms with E-state index in [4.69, 9.17) is 0 Å². The Kier molecular flexibility index (Phi) is 5.38. The Balaban J connectivity index is 1.74. The normalized spacial score (nSPS) is 15.6. The second-order valence-corrected chi connectivity index (χ2v) is 7.85. The summed E-state index contributed by atoms with van der Waals surface area (Å²) in [7, 11) is 1.63. The first-order chi connectivity index (χ1) is 14.3. The molecule has 5 nitrogen and oxygen atoms in total. The van der Waals surface area contributed by atoms with Crippen LogP contribution in [0.3, 0.4) is 0 Å². The summed E-state index contributed by atoms with van der Waals surface area (Å²) >= 11 is 1.24. The van der Waals surface area contributed by atoms with Gasteiger partial charge in [-0.25, -0.2) is 13.2 Å². The second kappa shape index (κ2) is 7.98. The van der Waals surface area contributed by atoms with E-state index >= 15 is 0 Å². The predicted molar refractivity (Wildman–Crippen MR) is 107 cm³/mol. The number of fused-ring (bicyclic) bond motifs is 1. The summed E-state index contributed by atoms with van der Waals surface area (Å²) in [6.07, 6.45) is -0.188. The number of benzene rings is 2. The molecule has 0 radical (unpaired) electrons. The first-order valence-corrected chi connectivity index (χ1v) is 10.0. The highest BCUT2D eigenvalue weighted by Gasteiger charge is 2.33. The van der Waals surface area contributed by atoms with Crippen LogP contribution in [0, 0.1) is 17.5 Å². The van der Waals surface area contributed by atoms with Gasteiger partial charge in [-0.05, 0) is 41.5 Å². The van der Waals surface area contributed by atoms with Gasteiger partial charge in [0, 0.05) is 25.1 Å². The molecule has 2 heterocycles. The first-order valence-electron chi connectivity index (χ1n) is 9.06. The minimum Gasteiger partial charge on any atom is -0.312 e. The summed E-state index contributed by atoms with van der Waals surface area (Å²) in [5, 5.41) is 2.99. The van der Waals surface area contributed by atoms with Gasteiger partial charge in [0.2, 0.25) is 5.91 Å². The van der Waals surface area contributed by atoms with Gasteiger partial charge in [0.25, 0.3) is 5.56 Å². The van der Waals surface area contributed by atoms with Crippen molar-refractivity contribution in [1.82, 2.24) is 9.55 Å². The smallest absolute Gasteiger partial charge is 0.279 e. The summed E-state index contributed by atoms with van der Waals surface area (Å²) in [5.74, 6) is -2.41. The molecule has 154 valence electrons. The largest absolute Gasteiger partial charge is 0.312 e. The number of halogens is 3. The lowest BCUT2D eigenvalue weighted by atomic mass is 9.86. The van der Waals surface area contributed by atoms with Crippen LogP contribution in [0.25, 0.3) is 0 Å². The highest BCUT2D eigenvalue weighted by atomic mass is 32.2. The van der Waals surface area contributed by atoms with Gasteiger partial charge >= 0.3 is 0 Å². The van der Waals surface area contributed by atoms with E-state index < -0.39 is 29.0 Å². The molecule has 0 bridgehead atoms. The monoisotopic (exact) mass is 431 g/mol. The molecule has 30 heavy (non-hydrogen) atoms. The third kappa shape index (κ3) is 3.85. The van der Waals surface area contributed by atoms with E-state index in [1.165, 1.54) is 23.9 Å². The number of nitrogens with one attached hydrogen (secondary N) is 1. The third-order valence-electron chi connectivity index (χ3n) is 4.92. The van der Waals surface area contributed by atoms with Crippen molar-refractivity contribution in [3.05, 3.63) is 87.0 Å². The minimum atomic E-state index is -0.938. The molecule has 0 aliphatic carbocycles. The average Bonchev–Trinajstić information content (AvgIpc) is 2.72.